The van der Waals surface area contributed by atoms with Crippen LogP contribution in [-0.2, 0) is 11.3 Å². The smallest absolute Gasteiger partial charge is 0.149 e. The van der Waals surface area contributed by atoms with Crippen LogP contribution in [0.15, 0.2) is 16.8 Å². The number of methoxy groups -OCH3 is 1. The number of nitrogens with zero attached hydrogens (tertiary/aromatic N) is 3. The van der Waals surface area contributed by atoms with E-state index in [0.717, 1.165) is 22.8 Å². The molecule has 3 rings (SSSR count). The van der Waals surface area contributed by atoms with Gasteiger partial charge < -0.3 is 14.6 Å². The van der Waals surface area contributed by atoms with E-state index >= 15 is 0 Å². The number of hydrogen-bond donors (Lipinski definition) is 1. The fraction of sp³-hybridized carbons (Fsp3) is 0.647. The number of aromatic nitrogens is 3. The molecule has 2 aromatic rings. The first-order valence-electron chi connectivity index (χ1n) is 8.42. The molecule has 1 atom stereocenters. The zero-order valence-electron chi connectivity index (χ0n) is 14.2. The molecule has 0 spiro atoms. The summed E-state index contributed by atoms with van der Waals surface area (Å²) in [6, 6.07) is 1.99. The van der Waals surface area contributed by atoms with Crippen LogP contribution in [0.1, 0.15) is 49.1 Å². The highest BCUT2D eigenvalue weighted by Gasteiger charge is 2.24. The minimum absolute atomic E-state index is 0.0396. The van der Waals surface area contributed by atoms with Crippen molar-refractivity contribution in [3.05, 3.63) is 29.3 Å². The van der Waals surface area contributed by atoms with E-state index in [-0.39, 0.29) is 6.23 Å². The van der Waals surface area contributed by atoms with Gasteiger partial charge in [0.1, 0.15) is 17.8 Å². The Morgan fingerprint density at radius 3 is 2.78 bits per heavy atom. The van der Waals surface area contributed by atoms with Crippen molar-refractivity contribution in [2.75, 3.05) is 12.4 Å². The van der Waals surface area contributed by atoms with Gasteiger partial charge in [0.05, 0.1) is 12.2 Å². The van der Waals surface area contributed by atoms with Crippen LogP contribution in [-0.4, -0.2) is 28.3 Å². The van der Waals surface area contributed by atoms with Gasteiger partial charge in [0.25, 0.3) is 0 Å². The summed E-state index contributed by atoms with van der Waals surface area (Å²) in [6.45, 7) is 4.56. The lowest BCUT2D eigenvalue weighted by atomic mass is 9.88. The predicted molar refractivity (Wildman–Crippen MR) is 88.3 cm³/mol. The lowest BCUT2D eigenvalue weighted by Crippen LogP contribution is -2.32. The second kappa shape index (κ2) is 7.17. The van der Waals surface area contributed by atoms with Crippen LogP contribution in [0.3, 0.4) is 0 Å². The second-order valence-corrected chi connectivity index (χ2v) is 6.40. The molecule has 0 aromatic carbocycles. The standard InChI is InChI=1S/C17H26N4O2/c1-12-15(13(2)23-20-12)11-21-10-9-16(19-21)18-17(22-3)14-7-5-4-6-8-14/h9-10,14,17H,4-8,11H2,1-3H3,(H,18,19). The largest absolute Gasteiger partial charge is 0.361 e. The van der Waals surface area contributed by atoms with Crippen LogP contribution in [0.2, 0.25) is 0 Å². The molecule has 1 unspecified atom stereocenters. The monoisotopic (exact) mass is 318 g/mol. The Hall–Kier alpha value is -1.82. The molecular weight excluding hydrogens is 292 g/mol. The molecule has 1 N–H and O–H groups in total. The molecule has 6 heteroatoms. The van der Waals surface area contributed by atoms with Gasteiger partial charge >= 0.3 is 0 Å². The Morgan fingerprint density at radius 2 is 2.13 bits per heavy atom. The Kier molecular flexibility index (Phi) is 5.00. The Bertz CT molecular complexity index is 609. The first kappa shape index (κ1) is 16.1. The number of rotatable bonds is 6. The van der Waals surface area contributed by atoms with Crippen LogP contribution in [0.4, 0.5) is 5.82 Å². The summed E-state index contributed by atoms with van der Waals surface area (Å²) in [5.41, 5.74) is 2.01. The first-order chi connectivity index (χ1) is 11.2. The van der Waals surface area contributed by atoms with Gasteiger partial charge in [-0.1, -0.05) is 24.4 Å². The number of ether oxygens (including phenoxy) is 1. The molecule has 23 heavy (non-hydrogen) atoms. The van der Waals surface area contributed by atoms with Gasteiger partial charge in [0, 0.05) is 30.9 Å². The fourth-order valence-electron chi connectivity index (χ4n) is 3.37. The van der Waals surface area contributed by atoms with Crippen molar-refractivity contribution < 1.29 is 9.26 Å². The topological polar surface area (TPSA) is 65.1 Å². The van der Waals surface area contributed by atoms with Crippen molar-refractivity contribution in [1.82, 2.24) is 14.9 Å². The molecular formula is C17H26N4O2. The summed E-state index contributed by atoms with van der Waals surface area (Å²) in [7, 11) is 1.77. The van der Waals surface area contributed by atoms with Gasteiger partial charge in [0.15, 0.2) is 0 Å². The number of hydrogen-bond acceptors (Lipinski definition) is 5. The third-order valence-corrected chi connectivity index (χ3v) is 4.76. The summed E-state index contributed by atoms with van der Waals surface area (Å²) < 4.78 is 12.8. The summed E-state index contributed by atoms with van der Waals surface area (Å²) >= 11 is 0. The van der Waals surface area contributed by atoms with Crippen LogP contribution < -0.4 is 5.32 Å². The average molecular weight is 318 g/mol. The molecule has 0 aliphatic heterocycles. The quantitative estimate of drug-likeness (QED) is 0.826. The average Bonchev–Trinajstić information content (AvgIpc) is 3.15. The van der Waals surface area contributed by atoms with Gasteiger partial charge in [-0.25, -0.2) is 0 Å². The third-order valence-electron chi connectivity index (χ3n) is 4.76. The van der Waals surface area contributed by atoms with Crippen molar-refractivity contribution >= 4 is 5.82 Å². The van der Waals surface area contributed by atoms with Crippen LogP contribution >= 0.6 is 0 Å². The van der Waals surface area contributed by atoms with E-state index in [2.05, 4.69) is 15.6 Å². The summed E-state index contributed by atoms with van der Waals surface area (Å²) in [5, 5.41) is 12.0. The maximum atomic E-state index is 5.66. The minimum Gasteiger partial charge on any atom is -0.361 e. The van der Waals surface area contributed by atoms with Gasteiger partial charge in [-0.05, 0) is 26.7 Å². The molecule has 126 valence electrons. The number of anilines is 1. The Morgan fingerprint density at radius 1 is 1.35 bits per heavy atom. The lowest BCUT2D eigenvalue weighted by Gasteiger charge is -2.29. The van der Waals surface area contributed by atoms with Crippen molar-refractivity contribution in [1.29, 1.82) is 0 Å². The molecule has 0 bridgehead atoms. The molecule has 2 heterocycles. The minimum atomic E-state index is 0.0396. The van der Waals surface area contributed by atoms with E-state index in [1.165, 1.54) is 32.1 Å². The summed E-state index contributed by atoms with van der Waals surface area (Å²) in [6.07, 6.45) is 8.41. The summed E-state index contributed by atoms with van der Waals surface area (Å²) in [4.78, 5) is 0. The highest BCUT2D eigenvalue weighted by Crippen LogP contribution is 2.28. The van der Waals surface area contributed by atoms with Gasteiger partial charge in [-0.2, -0.15) is 5.10 Å². The van der Waals surface area contributed by atoms with E-state index in [0.29, 0.717) is 12.5 Å². The van der Waals surface area contributed by atoms with Crippen molar-refractivity contribution in [3.8, 4) is 0 Å². The number of aryl methyl sites for hydroxylation is 2. The van der Waals surface area contributed by atoms with E-state index in [1.54, 1.807) is 7.11 Å². The SMILES string of the molecule is COC(Nc1ccn(Cc2c(C)noc2C)n1)C1CCCCC1. The molecule has 0 amide bonds. The molecule has 1 aliphatic carbocycles. The van der Waals surface area contributed by atoms with E-state index in [4.69, 9.17) is 9.26 Å². The van der Waals surface area contributed by atoms with E-state index < -0.39 is 0 Å². The van der Waals surface area contributed by atoms with Crippen molar-refractivity contribution in [3.63, 3.8) is 0 Å². The normalized spacial score (nSPS) is 17.3. The second-order valence-electron chi connectivity index (χ2n) is 6.40. The number of nitrogens with one attached hydrogen (secondary N) is 1. The Labute approximate surface area is 137 Å². The fourth-order valence-corrected chi connectivity index (χ4v) is 3.37. The highest BCUT2D eigenvalue weighted by molar-refractivity contribution is 5.33. The van der Waals surface area contributed by atoms with Gasteiger partial charge in [-0.15, -0.1) is 0 Å². The molecule has 0 saturated heterocycles. The zero-order chi connectivity index (χ0) is 16.2. The maximum Gasteiger partial charge on any atom is 0.149 e. The molecule has 1 saturated carbocycles. The van der Waals surface area contributed by atoms with Crippen LogP contribution in [0, 0.1) is 19.8 Å². The van der Waals surface area contributed by atoms with E-state index in [9.17, 15) is 0 Å². The predicted octanol–water partition coefficient (Wildman–Crippen LogP) is 3.50. The molecule has 1 aliphatic rings. The summed E-state index contributed by atoms with van der Waals surface area (Å²) in [5.74, 6) is 2.28. The molecule has 0 radical (unpaired) electrons. The molecule has 2 aromatic heterocycles. The van der Waals surface area contributed by atoms with Crippen LogP contribution in [0.25, 0.3) is 0 Å². The van der Waals surface area contributed by atoms with Crippen molar-refractivity contribution in [2.45, 2.75) is 58.7 Å². The molecule has 6 nitrogen and oxygen atoms in total. The third kappa shape index (κ3) is 3.75. The lowest BCUT2D eigenvalue weighted by molar-refractivity contribution is 0.0571. The van der Waals surface area contributed by atoms with Gasteiger partial charge in [-0.3, -0.25) is 4.68 Å². The van der Waals surface area contributed by atoms with Crippen molar-refractivity contribution in [2.24, 2.45) is 5.92 Å². The first-order valence-corrected chi connectivity index (χ1v) is 8.42. The maximum absolute atomic E-state index is 5.66. The highest BCUT2D eigenvalue weighted by atomic mass is 16.5. The molecule has 1 fully saturated rings. The van der Waals surface area contributed by atoms with Gasteiger partial charge in [0.2, 0.25) is 0 Å². The van der Waals surface area contributed by atoms with Crippen LogP contribution in [0.5, 0.6) is 0 Å². The van der Waals surface area contributed by atoms with E-state index in [1.807, 2.05) is 30.8 Å². The Balaban J connectivity index is 1.64. The zero-order valence-corrected chi connectivity index (χ0v) is 14.2.